The van der Waals surface area contributed by atoms with Crippen LogP contribution in [0.25, 0.3) is 11.3 Å². The van der Waals surface area contributed by atoms with Gasteiger partial charge in [0.15, 0.2) is 17.4 Å². The second-order valence-electron chi connectivity index (χ2n) is 5.62. The van der Waals surface area contributed by atoms with E-state index in [1.165, 1.54) is 11.8 Å². The number of nitrogens with two attached hydrogens (primary N) is 1. The molecule has 0 aliphatic carbocycles. The highest BCUT2D eigenvalue weighted by molar-refractivity contribution is 7.99. The highest BCUT2D eigenvalue weighted by Gasteiger charge is 2.15. The molecule has 0 unspecified atom stereocenters. The van der Waals surface area contributed by atoms with Gasteiger partial charge in [-0.05, 0) is 24.3 Å². The van der Waals surface area contributed by atoms with E-state index in [2.05, 4.69) is 4.98 Å². The fourth-order valence-electron chi connectivity index (χ4n) is 2.08. The van der Waals surface area contributed by atoms with Crippen LogP contribution in [0.3, 0.4) is 0 Å². The Bertz CT molecular complexity index is 818. The number of thioether (sulfide) groups is 1. The first-order chi connectivity index (χ1) is 12.3. The van der Waals surface area contributed by atoms with Gasteiger partial charge in [0.2, 0.25) is 5.91 Å². The molecular formula is C18H18F2N2O3S. The van der Waals surface area contributed by atoms with Crippen molar-refractivity contribution in [1.29, 1.82) is 0 Å². The highest BCUT2D eigenvalue weighted by atomic mass is 32.2. The van der Waals surface area contributed by atoms with Gasteiger partial charge in [-0.2, -0.15) is 0 Å². The van der Waals surface area contributed by atoms with Crippen LogP contribution in [-0.4, -0.2) is 27.9 Å². The number of rotatable bonds is 7. The summed E-state index contributed by atoms with van der Waals surface area (Å²) in [6, 6.07) is 7.44. The lowest BCUT2D eigenvalue weighted by Gasteiger charge is -2.11. The van der Waals surface area contributed by atoms with Crippen LogP contribution in [0.2, 0.25) is 0 Å². The maximum atomic E-state index is 14.2. The van der Waals surface area contributed by atoms with Crippen LogP contribution in [0.15, 0.2) is 47.2 Å². The molecule has 0 fully saturated rings. The van der Waals surface area contributed by atoms with Crippen LogP contribution >= 0.6 is 11.8 Å². The number of carbonyl (C=O) groups is 1. The molecular weight excluding hydrogens is 362 g/mol. The Hall–Kier alpha value is -2.61. The largest absolute Gasteiger partial charge is 0.508 e. The number of carbonyl (C=O) groups excluding carboxylic acids is 1. The van der Waals surface area contributed by atoms with Crippen molar-refractivity contribution < 1.29 is 23.4 Å². The van der Waals surface area contributed by atoms with Gasteiger partial charge >= 0.3 is 0 Å². The maximum absolute atomic E-state index is 14.2. The van der Waals surface area contributed by atoms with Gasteiger partial charge in [-0.3, -0.25) is 4.79 Å². The van der Waals surface area contributed by atoms with Gasteiger partial charge in [0.05, 0.1) is 10.7 Å². The number of pyridine rings is 1. The predicted molar refractivity (Wildman–Crippen MR) is 96.0 cm³/mol. The Morgan fingerprint density at radius 1 is 1.35 bits per heavy atom. The van der Waals surface area contributed by atoms with Crippen LogP contribution in [0.4, 0.5) is 8.78 Å². The van der Waals surface area contributed by atoms with Crippen molar-refractivity contribution in [3.63, 3.8) is 0 Å². The lowest BCUT2D eigenvalue weighted by atomic mass is 10.1. The van der Waals surface area contributed by atoms with Crippen molar-refractivity contribution in [2.75, 3.05) is 6.61 Å². The van der Waals surface area contributed by atoms with Crippen molar-refractivity contribution in [3.8, 4) is 17.0 Å². The molecule has 0 atom stereocenters. The summed E-state index contributed by atoms with van der Waals surface area (Å²) in [4.78, 5) is 15.0. The lowest BCUT2D eigenvalue weighted by molar-refractivity contribution is -0.113. The molecule has 0 aliphatic rings. The summed E-state index contributed by atoms with van der Waals surface area (Å²) < 4.78 is 33.4. The summed E-state index contributed by atoms with van der Waals surface area (Å²) in [6.07, 6.45) is 0.700. The number of aliphatic hydroxyl groups excluding tert-OH is 1. The van der Waals surface area contributed by atoms with E-state index in [9.17, 15) is 18.7 Å². The van der Waals surface area contributed by atoms with E-state index >= 15 is 0 Å². The minimum Gasteiger partial charge on any atom is -0.508 e. The van der Waals surface area contributed by atoms with E-state index in [1.54, 1.807) is 12.1 Å². The van der Waals surface area contributed by atoms with E-state index in [-0.39, 0.29) is 5.56 Å². The molecule has 2 aromatic rings. The fraction of sp³-hybridized carbons (Fsp3) is 0.222. The number of benzene rings is 1. The third kappa shape index (κ3) is 5.45. The average molecular weight is 380 g/mol. The Labute approximate surface area is 153 Å². The van der Waals surface area contributed by atoms with E-state index in [4.69, 9.17) is 10.5 Å². The zero-order valence-electron chi connectivity index (χ0n) is 14.2. The minimum atomic E-state index is -0.949. The monoisotopic (exact) mass is 380 g/mol. The SMILES string of the molecule is CC(C)Sc1cccc(-c2cc(F)c(OC/C(O)=C/C(N)=O)c(F)c2)n1. The number of amides is 1. The molecule has 0 bridgehead atoms. The summed E-state index contributed by atoms with van der Waals surface area (Å²) in [6.45, 7) is 3.45. The number of aliphatic hydroxyl groups is 1. The Morgan fingerprint density at radius 2 is 2.00 bits per heavy atom. The van der Waals surface area contributed by atoms with E-state index in [0.29, 0.717) is 17.0 Å². The Morgan fingerprint density at radius 3 is 2.58 bits per heavy atom. The van der Waals surface area contributed by atoms with Crippen LogP contribution in [-0.2, 0) is 4.79 Å². The first-order valence-electron chi connectivity index (χ1n) is 7.71. The molecule has 0 saturated carbocycles. The number of nitrogens with zero attached hydrogens (tertiary/aromatic N) is 1. The first-order valence-corrected chi connectivity index (χ1v) is 8.59. The van der Waals surface area contributed by atoms with Gasteiger partial charge in [0.1, 0.15) is 12.4 Å². The van der Waals surface area contributed by atoms with Gasteiger partial charge < -0.3 is 15.6 Å². The van der Waals surface area contributed by atoms with Gasteiger partial charge in [0, 0.05) is 16.9 Å². The van der Waals surface area contributed by atoms with E-state index in [0.717, 1.165) is 17.2 Å². The van der Waals surface area contributed by atoms with E-state index in [1.807, 2.05) is 19.9 Å². The summed E-state index contributed by atoms with van der Waals surface area (Å²) in [5, 5.41) is 10.4. The molecule has 1 amide bonds. The maximum Gasteiger partial charge on any atom is 0.244 e. The number of ether oxygens (including phenoxy) is 1. The van der Waals surface area contributed by atoms with Crippen molar-refractivity contribution in [1.82, 2.24) is 4.98 Å². The summed E-state index contributed by atoms with van der Waals surface area (Å²) in [5.41, 5.74) is 5.55. The fourth-order valence-corrected chi connectivity index (χ4v) is 2.87. The molecule has 3 N–H and O–H groups in total. The third-order valence-corrected chi connectivity index (χ3v) is 3.99. The Balaban J connectivity index is 2.25. The van der Waals surface area contributed by atoms with Crippen LogP contribution in [0.5, 0.6) is 5.75 Å². The average Bonchev–Trinajstić information content (AvgIpc) is 2.52. The van der Waals surface area contributed by atoms with Gasteiger partial charge in [-0.1, -0.05) is 19.9 Å². The number of primary amides is 1. The molecule has 1 heterocycles. The van der Waals surface area contributed by atoms with E-state index < -0.39 is 35.7 Å². The summed E-state index contributed by atoms with van der Waals surface area (Å²) >= 11 is 1.54. The molecule has 0 saturated heterocycles. The highest BCUT2D eigenvalue weighted by Crippen LogP contribution is 2.30. The van der Waals surface area contributed by atoms with Gasteiger partial charge in [-0.25, -0.2) is 13.8 Å². The summed E-state index contributed by atoms with van der Waals surface area (Å²) in [5.74, 6) is -4.00. The quantitative estimate of drug-likeness (QED) is 0.433. The third-order valence-electron chi connectivity index (χ3n) is 3.05. The van der Waals surface area contributed by atoms with Crippen molar-refractivity contribution in [2.45, 2.75) is 24.1 Å². The molecule has 8 heteroatoms. The summed E-state index contributed by atoms with van der Waals surface area (Å²) in [7, 11) is 0. The molecule has 26 heavy (non-hydrogen) atoms. The van der Waals surface area contributed by atoms with Crippen molar-refractivity contribution in [2.24, 2.45) is 5.73 Å². The molecule has 5 nitrogen and oxygen atoms in total. The first kappa shape index (κ1) is 19.7. The minimum absolute atomic E-state index is 0.260. The smallest absolute Gasteiger partial charge is 0.244 e. The topological polar surface area (TPSA) is 85.4 Å². The second-order valence-corrected chi connectivity index (χ2v) is 7.22. The number of hydrogen-bond acceptors (Lipinski definition) is 5. The molecule has 0 spiro atoms. The van der Waals surface area contributed by atoms with Gasteiger partial charge in [-0.15, -0.1) is 11.8 Å². The van der Waals surface area contributed by atoms with Crippen molar-refractivity contribution >= 4 is 17.7 Å². The normalized spacial score (nSPS) is 11.7. The Kier molecular flexibility index (Phi) is 6.57. The zero-order valence-corrected chi connectivity index (χ0v) is 15.0. The molecule has 0 radical (unpaired) electrons. The molecule has 138 valence electrons. The molecule has 1 aromatic heterocycles. The lowest BCUT2D eigenvalue weighted by Crippen LogP contribution is -2.11. The van der Waals surface area contributed by atoms with Crippen LogP contribution < -0.4 is 10.5 Å². The molecule has 0 aliphatic heterocycles. The van der Waals surface area contributed by atoms with Gasteiger partial charge in [0.25, 0.3) is 0 Å². The zero-order chi connectivity index (χ0) is 19.3. The number of halogens is 2. The predicted octanol–water partition coefficient (Wildman–Crippen LogP) is 3.83. The molecule has 2 rings (SSSR count). The molecule has 1 aromatic carbocycles. The standard InChI is InChI=1S/C18H18F2N2O3S/c1-10(2)26-17-5-3-4-15(22-17)11-6-13(19)18(14(20)7-11)25-9-12(23)8-16(21)24/h3-8,10,23H,9H2,1-2H3,(H2,21,24)/b12-8-. The number of aromatic nitrogens is 1. The second kappa shape index (κ2) is 8.66. The van der Waals surface area contributed by atoms with Crippen molar-refractivity contribution in [3.05, 3.63) is 53.8 Å². The number of hydrogen-bond donors (Lipinski definition) is 2. The van der Waals surface area contributed by atoms with Crippen LogP contribution in [0, 0.1) is 11.6 Å². The van der Waals surface area contributed by atoms with Crippen LogP contribution in [0.1, 0.15) is 13.8 Å².